The van der Waals surface area contributed by atoms with Gasteiger partial charge < -0.3 is 20.1 Å². The summed E-state index contributed by atoms with van der Waals surface area (Å²) < 4.78 is 1.98. The Balaban J connectivity index is 1.61. The summed E-state index contributed by atoms with van der Waals surface area (Å²) in [5, 5.41) is 7.36. The Hall–Kier alpha value is -1.73. The van der Waals surface area contributed by atoms with Gasteiger partial charge >= 0.3 is 0 Å². The first kappa shape index (κ1) is 18.1. The first-order valence-electron chi connectivity index (χ1n) is 8.38. The van der Waals surface area contributed by atoms with E-state index in [2.05, 4.69) is 37.4 Å². The summed E-state index contributed by atoms with van der Waals surface area (Å²) >= 11 is 11.9. The van der Waals surface area contributed by atoms with Crippen molar-refractivity contribution >= 4 is 40.7 Å². The molecular weight excluding hydrogens is 361 g/mol. The Morgan fingerprint density at radius 2 is 1.96 bits per heavy atom. The predicted octanol–water partition coefficient (Wildman–Crippen LogP) is 3.28. The number of rotatable bonds is 5. The van der Waals surface area contributed by atoms with Gasteiger partial charge in [-0.05, 0) is 37.3 Å². The van der Waals surface area contributed by atoms with E-state index < -0.39 is 0 Å². The normalized spacial score (nSPS) is 16.8. The van der Waals surface area contributed by atoms with Crippen molar-refractivity contribution in [1.82, 2.24) is 19.5 Å². The first-order valence-corrected chi connectivity index (χ1v) is 9.14. The largest absolute Gasteiger partial charge is 0.384 e. The molecular formula is C16H23Cl2N7. The highest BCUT2D eigenvalue weighted by Crippen LogP contribution is 2.28. The van der Waals surface area contributed by atoms with Gasteiger partial charge in [0.2, 0.25) is 11.2 Å². The smallest absolute Gasteiger partial charge is 0.224 e. The fraction of sp³-hybridized carbons (Fsp3) is 0.562. The molecule has 1 unspecified atom stereocenters. The van der Waals surface area contributed by atoms with Crippen LogP contribution in [0.3, 0.4) is 0 Å². The molecule has 1 saturated heterocycles. The zero-order valence-corrected chi connectivity index (χ0v) is 16.1. The van der Waals surface area contributed by atoms with Crippen LogP contribution in [0.1, 0.15) is 19.8 Å². The Labute approximate surface area is 157 Å². The number of nitrogens with zero attached hydrogens (tertiary/aromatic N) is 5. The van der Waals surface area contributed by atoms with Crippen LogP contribution >= 0.6 is 23.2 Å². The molecule has 0 saturated carbocycles. The fourth-order valence-corrected chi connectivity index (χ4v) is 3.66. The summed E-state index contributed by atoms with van der Waals surface area (Å²) in [4.78, 5) is 15.0. The lowest BCUT2D eigenvalue weighted by molar-refractivity contribution is 0.365. The number of halogens is 2. The average Bonchev–Trinajstić information content (AvgIpc) is 2.93. The molecule has 2 N–H and O–H groups in total. The Morgan fingerprint density at radius 1 is 1.24 bits per heavy atom. The Morgan fingerprint density at radius 3 is 2.56 bits per heavy atom. The van der Waals surface area contributed by atoms with Gasteiger partial charge in [-0.3, -0.25) is 0 Å². The van der Waals surface area contributed by atoms with Crippen molar-refractivity contribution in [1.29, 1.82) is 0 Å². The van der Waals surface area contributed by atoms with Gasteiger partial charge in [-0.25, -0.2) is 9.97 Å². The fourth-order valence-electron chi connectivity index (χ4n) is 3.30. The van der Waals surface area contributed by atoms with Crippen molar-refractivity contribution in [2.75, 3.05) is 35.7 Å². The molecule has 0 radical (unpaired) electrons. The van der Waals surface area contributed by atoms with Gasteiger partial charge in [0, 0.05) is 39.4 Å². The lowest BCUT2D eigenvalue weighted by Crippen LogP contribution is -2.40. The number of imidazole rings is 1. The summed E-state index contributed by atoms with van der Waals surface area (Å²) in [6.07, 6.45) is 5.68. The van der Waals surface area contributed by atoms with Crippen molar-refractivity contribution < 1.29 is 0 Å². The van der Waals surface area contributed by atoms with Gasteiger partial charge in [0.15, 0.2) is 5.82 Å². The summed E-state index contributed by atoms with van der Waals surface area (Å²) in [6.45, 7) is 4.11. The third kappa shape index (κ3) is 4.10. The van der Waals surface area contributed by atoms with E-state index >= 15 is 0 Å². The molecule has 25 heavy (non-hydrogen) atoms. The maximum atomic E-state index is 6.00. The average molecular weight is 384 g/mol. The molecule has 1 atom stereocenters. The third-order valence-electron chi connectivity index (χ3n) is 4.75. The summed E-state index contributed by atoms with van der Waals surface area (Å²) in [6, 6.07) is 0.283. The molecule has 3 rings (SSSR count). The van der Waals surface area contributed by atoms with E-state index in [4.69, 9.17) is 23.2 Å². The Kier molecular flexibility index (Phi) is 5.54. The molecule has 136 valence electrons. The van der Waals surface area contributed by atoms with E-state index in [1.807, 2.05) is 24.9 Å². The molecule has 1 aliphatic heterocycles. The quantitative estimate of drug-likeness (QED) is 0.771. The second-order valence-electron chi connectivity index (χ2n) is 6.38. The maximum Gasteiger partial charge on any atom is 0.224 e. The monoisotopic (exact) mass is 383 g/mol. The zero-order valence-electron chi connectivity index (χ0n) is 14.6. The summed E-state index contributed by atoms with van der Waals surface area (Å²) in [5.41, 5.74) is 0.844. The van der Waals surface area contributed by atoms with E-state index in [1.54, 1.807) is 6.20 Å². The number of aryl methyl sites for hydroxylation is 1. The van der Waals surface area contributed by atoms with Gasteiger partial charge in [-0.1, -0.05) is 11.6 Å². The highest BCUT2D eigenvalue weighted by atomic mass is 35.5. The second kappa shape index (κ2) is 7.66. The molecule has 9 heteroatoms. The second-order valence-corrected chi connectivity index (χ2v) is 7.11. The number of hydrogen-bond acceptors (Lipinski definition) is 6. The van der Waals surface area contributed by atoms with E-state index in [-0.39, 0.29) is 11.3 Å². The molecule has 0 aliphatic carbocycles. The molecule has 2 aromatic rings. The third-order valence-corrected chi connectivity index (χ3v) is 5.11. The van der Waals surface area contributed by atoms with Crippen LogP contribution in [0.15, 0.2) is 12.4 Å². The van der Waals surface area contributed by atoms with E-state index in [0.717, 1.165) is 43.4 Å². The van der Waals surface area contributed by atoms with Crippen molar-refractivity contribution in [2.24, 2.45) is 13.0 Å². The molecule has 0 aromatic carbocycles. The van der Waals surface area contributed by atoms with Crippen LogP contribution in [0.25, 0.3) is 0 Å². The molecule has 0 bridgehead atoms. The molecule has 7 nitrogen and oxygen atoms in total. The highest BCUT2D eigenvalue weighted by molar-refractivity contribution is 6.29. The van der Waals surface area contributed by atoms with E-state index in [0.29, 0.717) is 11.1 Å². The number of nitrogens with one attached hydrogen (secondary N) is 2. The standard InChI is InChI=1S/C16H23Cl2N7/c1-10(21-14-12(19-2)8-20-15(18)23-14)11-4-6-25(7-5-11)16-22-13(17)9-24(16)3/h8-11,19H,4-7H2,1-3H3,(H,20,21,23). The Bertz CT molecular complexity index is 725. The van der Waals surface area contributed by atoms with Crippen LogP contribution in [0.2, 0.25) is 10.4 Å². The number of hydrogen-bond donors (Lipinski definition) is 2. The minimum absolute atomic E-state index is 0.246. The van der Waals surface area contributed by atoms with Gasteiger partial charge in [-0.15, -0.1) is 0 Å². The van der Waals surface area contributed by atoms with E-state index in [9.17, 15) is 0 Å². The van der Waals surface area contributed by atoms with Crippen LogP contribution in [-0.4, -0.2) is 45.7 Å². The van der Waals surface area contributed by atoms with Crippen LogP contribution in [0.4, 0.5) is 17.5 Å². The molecule has 1 fully saturated rings. The highest BCUT2D eigenvalue weighted by Gasteiger charge is 2.26. The van der Waals surface area contributed by atoms with Crippen LogP contribution in [0, 0.1) is 5.92 Å². The zero-order chi connectivity index (χ0) is 18.0. The van der Waals surface area contributed by atoms with Gasteiger partial charge in [0.1, 0.15) is 5.15 Å². The van der Waals surface area contributed by atoms with Crippen LogP contribution in [0.5, 0.6) is 0 Å². The van der Waals surface area contributed by atoms with Crippen molar-refractivity contribution in [2.45, 2.75) is 25.8 Å². The van der Waals surface area contributed by atoms with Crippen molar-refractivity contribution in [3.05, 3.63) is 22.8 Å². The lowest BCUT2D eigenvalue weighted by Gasteiger charge is -2.35. The van der Waals surface area contributed by atoms with E-state index in [1.165, 1.54) is 0 Å². The van der Waals surface area contributed by atoms with Gasteiger partial charge in [0.05, 0.1) is 11.9 Å². The van der Waals surface area contributed by atoms with Crippen LogP contribution < -0.4 is 15.5 Å². The number of anilines is 3. The van der Waals surface area contributed by atoms with Crippen LogP contribution in [-0.2, 0) is 7.05 Å². The molecule has 1 aliphatic rings. The minimum atomic E-state index is 0.246. The van der Waals surface area contributed by atoms with Gasteiger partial charge in [-0.2, -0.15) is 4.98 Å². The summed E-state index contributed by atoms with van der Waals surface area (Å²) in [7, 11) is 3.82. The predicted molar refractivity (Wildman–Crippen MR) is 103 cm³/mol. The van der Waals surface area contributed by atoms with Gasteiger partial charge in [0.25, 0.3) is 0 Å². The lowest BCUT2D eigenvalue weighted by atomic mass is 9.90. The molecule has 0 spiro atoms. The first-order chi connectivity index (χ1) is 12.0. The summed E-state index contributed by atoms with van der Waals surface area (Å²) in [5.74, 6) is 2.22. The van der Waals surface area contributed by atoms with Crippen molar-refractivity contribution in [3.8, 4) is 0 Å². The maximum absolute atomic E-state index is 6.00. The molecule has 0 amide bonds. The molecule has 2 aromatic heterocycles. The topological polar surface area (TPSA) is 70.9 Å². The SMILES string of the molecule is CNc1cnc(Cl)nc1NC(C)C1CCN(c2nc(Cl)cn2C)CC1. The number of piperidine rings is 1. The van der Waals surface area contributed by atoms with Crippen molar-refractivity contribution in [3.63, 3.8) is 0 Å². The minimum Gasteiger partial charge on any atom is -0.384 e. The molecule has 3 heterocycles. The number of aromatic nitrogens is 4.